The van der Waals surface area contributed by atoms with Crippen LogP contribution in [0.4, 0.5) is 0 Å². The minimum atomic E-state index is 0.252. The van der Waals surface area contributed by atoms with Gasteiger partial charge < -0.3 is 10.1 Å². The number of morpholine rings is 1. The fourth-order valence-corrected chi connectivity index (χ4v) is 2.77. The molecule has 0 radical (unpaired) electrons. The third-order valence-electron chi connectivity index (χ3n) is 4.05. The summed E-state index contributed by atoms with van der Waals surface area (Å²) < 4.78 is 5.77. The molecule has 1 saturated heterocycles. The van der Waals surface area contributed by atoms with Gasteiger partial charge in [0.05, 0.1) is 18.8 Å². The van der Waals surface area contributed by atoms with Crippen LogP contribution in [-0.4, -0.2) is 19.3 Å². The van der Waals surface area contributed by atoms with Gasteiger partial charge in [0.15, 0.2) is 0 Å². The summed E-state index contributed by atoms with van der Waals surface area (Å²) in [6.45, 7) is 12.8. The maximum absolute atomic E-state index is 5.77. The van der Waals surface area contributed by atoms with Crippen molar-refractivity contribution in [1.82, 2.24) is 5.32 Å². The maximum Gasteiger partial charge on any atom is 0.0742 e. The Kier molecular flexibility index (Phi) is 3.55. The van der Waals surface area contributed by atoms with Crippen LogP contribution in [0.25, 0.3) is 0 Å². The summed E-state index contributed by atoms with van der Waals surface area (Å²) in [6.07, 6.45) is 0.252. The lowest BCUT2D eigenvalue weighted by Gasteiger charge is -2.33. The molecule has 0 aliphatic carbocycles. The van der Waals surface area contributed by atoms with Crippen LogP contribution in [0, 0.1) is 27.7 Å². The Morgan fingerprint density at radius 1 is 1.12 bits per heavy atom. The number of rotatable bonds is 1. The van der Waals surface area contributed by atoms with Gasteiger partial charge in [-0.25, -0.2) is 0 Å². The van der Waals surface area contributed by atoms with Crippen LogP contribution in [-0.2, 0) is 4.74 Å². The largest absolute Gasteiger partial charge is 0.375 e. The molecule has 94 valence electrons. The summed E-state index contributed by atoms with van der Waals surface area (Å²) in [7, 11) is 0. The molecular formula is C15H23NO. The van der Waals surface area contributed by atoms with Gasteiger partial charge in [-0.05, 0) is 62.4 Å². The van der Waals surface area contributed by atoms with Crippen molar-refractivity contribution in [1.29, 1.82) is 0 Å². The highest BCUT2D eigenvalue weighted by Gasteiger charge is 2.26. The zero-order valence-corrected chi connectivity index (χ0v) is 11.6. The first-order chi connectivity index (χ1) is 8.02. The van der Waals surface area contributed by atoms with Gasteiger partial charge in [0.25, 0.3) is 0 Å². The number of aryl methyl sites for hydroxylation is 2. The topological polar surface area (TPSA) is 21.3 Å². The van der Waals surface area contributed by atoms with Crippen molar-refractivity contribution in [3.05, 3.63) is 33.9 Å². The molecule has 2 atom stereocenters. The Labute approximate surface area is 104 Å². The third kappa shape index (κ3) is 2.24. The molecule has 1 aliphatic rings. The van der Waals surface area contributed by atoms with Crippen LogP contribution in [0.3, 0.4) is 0 Å². The average molecular weight is 233 g/mol. The van der Waals surface area contributed by atoms with E-state index < -0.39 is 0 Å². The molecular weight excluding hydrogens is 210 g/mol. The highest BCUT2D eigenvalue weighted by atomic mass is 16.5. The van der Waals surface area contributed by atoms with Crippen molar-refractivity contribution in [2.75, 3.05) is 13.2 Å². The summed E-state index contributed by atoms with van der Waals surface area (Å²) in [6, 6.07) is 2.62. The predicted octanol–water partition coefficient (Wildman–Crippen LogP) is 2.97. The van der Waals surface area contributed by atoms with Crippen LogP contribution in [0.2, 0.25) is 0 Å². The van der Waals surface area contributed by atoms with Gasteiger partial charge in [0, 0.05) is 6.54 Å². The van der Waals surface area contributed by atoms with E-state index in [9.17, 15) is 0 Å². The quantitative estimate of drug-likeness (QED) is 0.805. The second kappa shape index (κ2) is 4.79. The molecule has 1 aromatic carbocycles. The van der Waals surface area contributed by atoms with Crippen LogP contribution >= 0.6 is 0 Å². The van der Waals surface area contributed by atoms with Gasteiger partial charge in [-0.3, -0.25) is 0 Å². The second-order valence-corrected chi connectivity index (χ2v) is 5.18. The molecule has 0 bridgehead atoms. The first kappa shape index (κ1) is 12.6. The average Bonchev–Trinajstić information content (AvgIpc) is 2.29. The number of ether oxygens (including phenoxy) is 1. The molecule has 1 fully saturated rings. The maximum atomic E-state index is 5.77. The number of benzene rings is 1. The highest BCUT2D eigenvalue weighted by Crippen LogP contribution is 2.31. The Bertz CT molecular complexity index is 399. The molecule has 2 heteroatoms. The van der Waals surface area contributed by atoms with Crippen LogP contribution in [0.5, 0.6) is 0 Å². The summed E-state index contributed by atoms with van der Waals surface area (Å²) in [5, 5.41) is 3.60. The second-order valence-electron chi connectivity index (χ2n) is 5.18. The fraction of sp³-hybridized carbons (Fsp3) is 0.600. The first-order valence-electron chi connectivity index (χ1n) is 6.44. The third-order valence-corrected chi connectivity index (χ3v) is 4.05. The standard InChI is InChI=1S/C15H23NO/c1-9-8-10(2)12(4)14(11(9)3)15-13(5)17-7-6-16-15/h8,13,15-16H,6-7H2,1-5H3. The Morgan fingerprint density at radius 2 is 1.71 bits per heavy atom. The zero-order valence-electron chi connectivity index (χ0n) is 11.6. The van der Waals surface area contributed by atoms with E-state index in [2.05, 4.69) is 46.0 Å². The van der Waals surface area contributed by atoms with Crippen molar-refractivity contribution in [3.8, 4) is 0 Å². The predicted molar refractivity (Wildman–Crippen MR) is 71.5 cm³/mol. The molecule has 2 rings (SSSR count). The van der Waals surface area contributed by atoms with Gasteiger partial charge in [-0.2, -0.15) is 0 Å². The van der Waals surface area contributed by atoms with E-state index in [0.717, 1.165) is 13.2 Å². The molecule has 1 heterocycles. The first-order valence-corrected chi connectivity index (χ1v) is 6.44. The lowest BCUT2D eigenvalue weighted by molar-refractivity contribution is 0.00719. The van der Waals surface area contributed by atoms with Gasteiger partial charge in [0.1, 0.15) is 0 Å². The fourth-order valence-electron chi connectivity index (χ4n) is 2.77. The molecule has 2 unspecified atom stereocenters. The molecule has 0 spiro atoms. The zero-order chi connectivity index (χ0) is 12.6. The molecule has 0 amide bonds. The van der Waals surface area contributed by atoms with E-state index in [1.807, 2.05) is 0 Å². The summed E-state index contributed by atoms with van der Waals surface area (Å²) in [5.41, 5.74) is 7.01. The van der Waals surface area contributed by atoms with Crippen molar-refractivity contribution >= 4 is 0 Å². The van der Waals surface area contributed by atoms with Crippen LogP contribution in [0.15, 0.2) is 6.07 Å². The van der Waals surface area contributed by atoms with Crippen molar-refractivity contribution in [3.63, 3.8) is 0 Å². The molecule has 2 nitrogen and oxygen atoms in total. The van der Waals surface area contributed by atoms with Gasteiger partial charge in [0.2, 0.25) is 0 Å². The number of nitrogens with one attached hydrogen (secondary N) is 1. The van der Waals surface area contributed by atoms with E-state index in [0.29, 0.717) is 6.04 Å². The van der Waals surface area contributed by atoms with Crippen molar-refractivity contribution < 1.29 is 4.74 Å². The van der Waals surface area contributed by atoms with E-state index in [1.165, 1.54) is 27.8 Å². The number of hydrogen-bond donors (Lipinski definition) is 1. The molecule has 1 aliphatic heterocycles. The van der Waals surface area contributed by atoms with Gasteiger partial charge in [-0.1, -0.05) is 6.07 Å². The lowest BCUT2D eigenvalue weighted by Crippen LogP contribution is -2.41. The van der Waals surface area contributed by atoms with Gasteiger partial charge >= 0.3 is 0 Å². The highest BCUT2D eigenvalue weighted by molar-refractivity contribution is 5.46. The van der Waals surface area contributed by atoms with E-state index in [1.54, 1.807) is 0 Å². The Balaban J connectivity index is 2.49. The molecule has 0 saturated carbocycles. The van der Waals surface area contributed by atoms with Gasteiger partial charge in [-0.15, -0.1) is 0 Å². The summed E-state index contributed by atoms with van der Waals surface area (Å²) in [4.78, 5) is 0. The minimum absolute atomic E-state index is 0.252. The molecule has 17 heavy (non-hydrogen) atoms. The van der Waals surface area contributed by atoms with E-state index in [-0.39, 0.29) is 6.10 Å². The number of hydrogen-bond acceptors (Lipinski definition) is 2. The van der Waals surface area contributed by atoms with Crippen LogP contribution < -0.4 is 5.32 Å². The Morgan fingerprint density at radius 3 is 2.24 bits per heavy atom. The van der Waals surface area contributed by atoms with E-state index in [4.69, 9.17) is 4.74 Å². The normalized spacial score (nSPS) is 25.0. The lowest BCUT2D eigenvalue weighted by atomic mass is 9.87. The summed E-state index contributed by atoms with van der Waals surface area (Å²) >= 11 is 0. The molecule has 1 N–H and O–H groups in total. The SMILES string of the molecule is Cc1cc(C)c(C)c(C2NCCOC2C)c1C. The smallest absolute Gasteiger partial charge is 0.0742 e. The Hall–Kier alpha value is -0.860. The van der Waals surface area contributed by atoms with Crippen molar-refractivity contribution in [2.24, 2.45) is 0 Å². The summed E-state index contributed by atoms with van der Waals surface area (Å²) in [5.74, 6) is 0. The van der Waals surface area contributed by atoms with E-state index >= 15 is 0 Å². The molecule has 1 aromatic rings. The minimum Gasteiger partial charge on any atom is -0.375 e. The van der Waals surface area contributed by atoms with Crippen molar-refractivity contribution in [2.45, 2.75) is 46.8 Å². The van der Waals surface area contributed by atoms with Crippen LogP contribution in [0.1, 0.15) is 40.8 Å². The monoisotopic (exact) mass is 233 g/mol. The molecule has 0 aromatic heterocycles.